The van der Waals surface area contributed by atoms with Crippen LogP contribution in [0.2, 0.25) is 0 Å². The highest BCUT2D eigenvalue weighted by Gasteiger charge is 2.23. The van der Waals surface area contributed by atoms with Crippen molar-refractivity contribution in [2.24, 2.45) is 0 Å². The molecule has 0 radical (unpaired) electrons. The van der Waals surface area contributed by atoms with E-state index < -0.39 is 44.1 Å². The fourth-order valence-corrected chi connectivity index (χ4v) is 6.97. The van der Waals surface area contributed by atoms with Gasteiger partial charge in [-0.3, -0.25) is 0 Å². The van der Waals surface area contributed by atoms with Crippen molar-refractivity contribution in [3.05, 3.63) is 0 Å². The fraction of sp³-hybridized carbons (Fsp3) is 1.00. The quantitative estimate of drug-likeness (QED) is 0.102. The second-order valence-corrected chi connectivity index (χ2v) is 13.5. The maximum Gasteiger partial charge on any atom is 0.281 e. The number of alkyl halides is 2. The lowest BCUT2D eigenvalue weighted by molar-refractivity contribution is 0.284. The molecule has 35 heavy (non-hydrogen) atoms. The minimum atomic E-state index is -4.30. The Hall–Kier alpha value is -0.280. The van der Waals surface area contributed by atoms with Crippen molar-refractivity contribution < 1.29 is 29.2 Å². The summed E-state index contributed by atoms with van der Waals surface area (Å²) in [6, 6.07) is 0. The van der Waals surface area contributed by atoms with Crippen molar-refractivity contribution in [3.63, 3.8) is 0 Å². The molecule has 0 N–H and O–H groups in total. The summed E-state index contributed by atoms with van der Waals surface area (Å²) >= 11 is 0. The second kappa shape index (κ2) is 21.8. The van der Waals surface area contributed by atoms with Gasteiger partial charge in [0.2, 0.25) is 0 Å². The molecule has 0 saturated heterocycles. The van der Waals surface area contributed by atoms with Gasteiger partial charge in [0.05, 0.1) is 11.5 Å². The maximum atomic E-state index is 14.0. The summed E-state index contributed by atoms with van der Waals surface area (Å²) in [4.78, 5) is 0. The maximum absolute atomic E-state index is 14.0. The van der Waals surface area contributed by atoms with Gasteiger partial charge in [-0.05, 0) is 38.5 Å². The highest BCUT2D eigenvalue weighted by Crippen LogP contribution is 2.17. The van der Waals surface area contributed by atoms with Crippen LogP contribution in [-0.4, -0.2) is 40.7 Å². The number of unbranched alkanes of at least 4 members (excludes halogenated alkanes) is 12. The van der Waals surface area contributed by atoms with Crippen molar-refractivity contribution in [1.82, 2.24) is 0 Å². The van der Waals surface area contributed by atoms with E-state index >= 15 is 0 Å². The highest BCUT2D eigenvalue weighted by molar-refractivity contribution is 7.99. The monoisotopic (exact) mass is 546 g/mol. The average molecular weight is 547 g/mol. The lowest BCUT2D eigenvalue weighted by Gasteiger charge is -2.10. The molecule has 0 aromatic carbocycles. The molecule has 212 valence electrons. The van der Waals surface area contributed by atoms with Crippen molar-refractivity contribution in [3.8, 4) is 0 Å². The molecule has 0 heterocycles. The van der Waals surface area contributed by atoms with E-state index in [2.05, 4.69) is 17.5 Å². The van der Waals surface area contributed by atoms with Gasteiger partial charge in [0.25, 0.3) is 20.2 Å². The standard InChI is InChI=1S/C26H52F2O5S2/c1-3-5-7-9-11-13-15-19-25(27)21-17-23-34(29,30)33-35(31,32)24-18-22-26(28)20-16-14-12-10-8-6-4-2/h25-26H,3-24H2,1-2H3. The molecule has 0 spiro atoms. The van der Waals surface area contributed by atoms with E-state index in [1.165, 1.54) is 51.4 Å². The van der Waals surface area contributed by atoms with Crippen molar-refractivity contribution >= 4 is 20.2 Å². The summed E-state index contributed by atoms with van der Waals surface area (Å²) in [7, 11) is -8.60. The summed E-state index contributed by atoms with van der Waals surface area (Å²) in [5.74, 6) is -1.07. The first-order chi connectivity index (χ1) is 16.6. The fourth-order valence-electron chi connectivity index (χ4n) is 4.12. The average Bonchev–Trinajstić information content (AvgIpc) is 2.76. The summed E-state index contributed by atoms with van der Waals surface area (Å²) < 4.78 is 80.3. The molecule has 0 aliphatic carbocycles. The van der Waals surface area contributed by atoms with E-state index in [9.17, 15) is 25.6 Å². The lowest BCUT2D eigenvalue weighted by Crippen LogP contribution is -2.20. The zero-order chi connectivity index (χ0) is 26.4. The minimum absolute atomic E-state index is 0.0144. The lowest BCUT2D eigenvalue weighted by atomic mass is 10.1. The van der Waals surface area contributed by atoms with Gasteiger partial charge in [-0.1, -0.05) is 104 Å². The second-order valence-electron chi connectivity index (χ2n) is 9.89. The summed E-state index contributed by atoms with van der Waals surface area (Å²) in [6.07, 6.45) is 14.1. The first-order valence-corrected chi connectivity index (χ1v) is 17.2. The predicted octanol–water partition coefficient (Wildman–Crippen LogP) is 8.18. The Morgan fingerprint density at radius 1 is 0.486 bits per heavy atom. The SMILES string of the molecule is CCCCCCCCCC(F)CCCS(=O)(=O)OS(=O)(=O)CCCC(F)CCCCCCCCC. The number of hydrogen-bond donors (Lipinski definition) is 0. The molecule has 5 nitrogen and oxygen atoms in total. The molecule has 0 aromatic heterocycles. The molecular formula is C26H52F2O5S2. The number of halogens is 2. The zero-order valence-electron chi connectivity index (χ0n) is 22.3. The van der Waals surface area contributed by atoms with Crippen LogP contribution < -0.4 is 0 Å². The van der Waals surface area contributed by atoms with Crippen LogP contribution in [0, 0.1) is 0 Å². The Bertz CT molecular complexity index is 626. The van der Waals surface area contributed by atoms with E-state index in [-0.39, 0.29) is 25.7 Å². The molecule has 0 fully saturated rings. The van der Waals surface area contributed by atoms with E-state index in [1.54, 1.807) is 0 Å². The van der Waals surface area contributed by atoms with Crippen LogP contribution in [0.4, 0.5) is 8.78 Å². The van der Waals surface area contributed by atoms with E-state index in [1.807, 2.05) is 0 Å². The third-order valence-electron chi connectivity index (χ3n) is 6.27. The van der Waals surface area contributed by atoms with Crippen molar-refractivity contribution in [1.29, 1.82) is 0 Å². The Labute approximate surface area is 215 Å². The third-order valence-corrected chi connectivity index (χ3v) is 9.51. The van der Waals surface area contributed by atoms with Gasteiger partial charge >= 0.3 is 0 Å². The smallest absolute Gasteiger partial charge is 0.247 e. The Kier molecular flexibility index (Phi) is 21.6. The Morgan fingerprint density at radius 2 is 0.771 bits per heavy atom. The van der Waals surface area contributed by atoms with Crippen LogP contribution >= 0.6 is 0 Å². The molecule has 0 aliphatic rings. The van der Waals surface area contributed by atoms with E-state index in [0.29, 0.717) is 12.8 Å². The Morgan fingerprint density at radius 3 is 1.11 bits per heavy atom. The first-order valence-electron chi connectivity index (χ1n) is 14.1. The van der Waals surface area contributed by atoms with Crippen LogP contribution in [0.15, 0.2) is 0 Å². The highest BCUT2D eigenvalue weighted by atomic mass is 32.3. The van der Waals surface area contributed by atoms with Gasteiger partial charge in [-0.15, -0.1) is 3.63 Å². The molecule has 0 amide bonds. The zero-order valence-corrected chi connectivity index (χ0v) is 24.0. The van der Waals surface area contributed by atoms with Crippen LogP contribution in [0.25, 0.3) is 0 Å². The summed E-state index contributed by atoms with van der Waals surface area (Å²) in [5, 5.41) is 0. The molecule has 0 aromatic rings. The van der Waals surface area contributed by atoms with Gasteiger partial charge in [0.1, 0.15) is 12.3 Å². The summed E-state index contributed by atoms with van der Waals surface area (Å²) in [5.41, 5.74) is 0. The molecular weight excluding hydrogens is 494 g/mol. The predicted molar refractivity (Wildman–Crippen MR) is 142 cm³/mol. The topological polar surface area (TPSA) is 77.5 Å². The van der Waals surface area contributed by atoms with Gasteiger partial charge < -0.3 is 0 Å². The molecule has 2 atom stereocenters. The van der Waals surface area contributed by atoms with Crippen LogP contribution in [0.3, 0.4) is 0 Å². The first kappa shape index (κ1) is 34.7. The molecule has 0 saturated carbocycles. The Balaban J connectivity index is 3.93. The van der Waals surface area contributed by atoms with Gasteiger partial charge in [0, 0.05) is 0 Å². The molecule has 9 heteroatoms. The third kappa shape index (κ3) is 23.8. The molecule has 0 rings (SSSR count). The molecule has 0 aliphatic heterocycles. The minimum Gasteiger partial charge on any atom is -0.247 e. The van der Waals surface area contributed by atoms with E-state index in [0.717, 1.165) is 38.5 Å². The molecule has 2 unspecified atom stereocenters. The number of rotatable bonds is 26. The summed E-state index contributed by atoms with van der Waals surface area (Å²) in [6.45, 7) is 4.32. The van der Waals surface area contributed by atoms with Gasteiger partial charge in [0.15, 0.2) is 0 Å². The van der Waals surface area contributed by atoms with Crippen LogP contribution in [0.1, 0.15) is 142 Å². The van der Waals surface area contributed by atoms with Crippen molar-refractivity contribution in [2.75, 3.05) is 11.5 Å². The number of hydrogen-bond acceptors (Lipinski definition) is 5. The van der Waals surface area contributed by atoms with Crippen molar-refractivity contribution in [2.45, 2.75) is 155 Å². The normalized spacial score (nSPS) is 14.3. The van der Waals surface area contributed by atoms with Crippen LogP contribution in [-0.2, 0) is 23.9 Å². The largest absolute Gasteiger partial charge is 0.281 e. The van der Waals surface area contributed by atoms with Crippen LogP contribution in [0.5, 0.6) is 0 Å². The van der Waals surface area contributed by atoms with Gasteiger partial charge in [-0.2, -0.15) is 16.8 Å². The van der Waals surface area contributed by atoms with E-state index in [4.69, 9.17) is 0 Å². The van der Waals surface area contributed by atoms with Gasteiger partial charge in [-0.25, -0.2) is 8.78 Å². The molecule has 0 bridgehead atoms.